The summed E-state index contributed by atoms with van der Waals surface area (Å²) < 4.78 is 0. The van der Waals surface area contributed by atoms with Gasteiger partial charge in [0.15, 0.2) is 0 Å². The van der Waals surface area contributed by atoms with Gasteiger partial charge in [0.25, 0.3) is 0 Å². The molecule has 98 valence electrons. The molecule has 0 saturated carbocycles. The third-order valence-electron chi connectivity index (χ3n) is 3.12. The minimum Gasteiger partial charge on any atom is -0.317 e. The second-order valence-corrected chi connectivity index (χ2v) is 4.87. The summed E-state index contributed by atoms with van der Waals surface area (Å²) in [4.78, 5) is 16.9. The van der Waals surface area contributed by atoms with Crippen LogP contribution in [0.2, 0.25) is 0 Å². The molecule has 18 heavy (non-hydrogen) atoms. The molecule has 1 rings (SSSR count). The normalized spacial score (nSPS) is 12.3. The van der Waals surface area contributed by atoms with E-state index in [2.05, 4.69) is 5.16 Å². The predicted octanol–water partition coefficient (Wildman–Crippen LogP) is 3.78. The lowest BCUT2D eigenvalue weighted by atomic mass is 9.91. The minimum absolute atomic E-state index is 0.285. The van der Waals surface area contributed by atoms with E-state index in [9.17, 15) is 4.79 Å². The van der Waals surface area contributed by atoms with Crippen LogP contribution in [0.3, 0.4) is 0 Å². The van der Waals surface area contributed by atoms with Crippen LogP contribution in [-0.4, -0.2) is 11.7 Å². The molecule has 0 amide bonds. The van der Waals surface area contributed by atoms with Crippen LogP contribution in [0.1, 0.15) is 46.1 Å². The number of benzene rings is 1. The Morgan fingerprint density at radius 3 is 2.33 bits per heavy atom. The molecule has 3 nitrogen and oxygen atoms in total. The molecule has 0 heterocycles. The molecule has 0 aliphatic carbocycles. The van der Waals surface area contributed by atoms with Gasteiger partial charge in [0.05, 0.1) is 11.1 Å². The molecular weight excluding hydrogens is 226 g/mol. The summed E-state index contributed by atoms with van der Waals surface area (Å²) in [7, 11) is 0. The van der Waals surface area contributed by atoms with Crippen molar-refractivity contribution in [2.75, 3.05) is 0 Å². The molecule has 0 aliphatic heterocycles. The molecule has 0 saturated heterocycles. The second-order valence-electron chi connectivity index (χ2n) is 4.87. The van der Waals surface area contributed by atoms with Gasteiger partial charge in [-0.05, 0) is 32.3 Å². The molecule has 0 aromatic heterocycles. The molecule has 0 bridgehead atoms. The van der Waals surface area contributed by atoms with Gasteiger partial charge in [-0.1, -0.05) is 49.3 Å². The molecule has 1 aromatic rings. The fourth-order valence-electron chi connectivity index (χ4n) is 1.32. The van der Waals surface area contributed by atoms with Crippen LogP contribution >= 0.6 is 0 Å². The Morgan fingerprint density at radius 1 is 1.22 bits per heavy atom. The molecule has 0 atom stereocenters. The van der Waals surface area contributed by atoms with Gasteiger partial charge < -0.3 is 4.84 Å². The van der Waals surface area contributed by atoms with E-state index >= 15 is 0 Å². The third-order valence-corrected chi connectivity index (χ3v) is 3.12. The molecule has 0 spiro atoms. The van der Waals surface area contributed by atoms with Gasteiger partial charge in [-0.3, -0.25) is 0 Å². The van der Waals surface area contributed by atoms with Gasteiger partial charge in [-0.25, -0.2) is 4.79 Å². The van der Waals surface area contributed by atoms with E-state index in [4.69, 9.17) is 4.84 Å². The number of rotatable bonds is 5. The van der Waals surface area contributed by atoms with Crippen molar-refractivity contribution in [3.05, 3.63) is 35.9 Å². The molecule has 1 aromatic carbocycles. The highest BCUT2D eigenvalue weighted by atomic mass is 16.7. The molecule has 0 aliphatic rings. The zero-order chi connectivity index (χ0) is 13.6. The first-order valence-corrected chi connectivity index (χ1v) is 6.35. The number of nitrogens with zero attached hydrogens (tertiary/aromatic N) is 1. The minimum atomic E-state index is -0.487. The Kier molecular flexibility index (Phi) is 5.08. The highest BCUT2D eigenvalue weighted by Gasteiger charge is 2.27. The zero-order valence-electron chi connectivity index (χ0n) is 11.6. The third kappa shape index (κ3) is 3.69. The molecule has 0 N–H and O–H groups in total. The van der Waals surface area contributed by atoms with E-state index in [-0.39, 0.29) is 5.97 Å². The number of hydrogen-bond donors (Lipinski definition) is 0. The second kappa shape index (κ2) is 6.34. The molecule has 3 heteroatoms. The fraction of sp³-hybridized carbons (Fsp3) is 0.467. The smallest absolute Gasteiger partial charge is 0.317 e. The predicted molar refractivity (Wildman–Crippen MR) is 73.4 cm³/mol. The van der Waals surface area contributed by atoms with Crippen molar-refractivity contribution in [3.63, 3.8) is 0 Å². The monoisotopic (exact) mass is 247 g/mol. The van der Waals surface area contributed by atoms with E-state index in [0.717, 1.165) is 24.1 Å². The van der Waals surface area contributed by atoms with Crippen LogP contribution in [0.25, 0.3) is 0 Å². The Hall–Kier alpha value is -1.64. The quantitative estimate of drug-likeness (QED) is 0.451. The van der Waals surface area contributed by atoms with Crippen molar-refractivity contribution in [1.29, 1.82) is 0 Å². The Bertz CT molecular complexity index is 421. The molecule has 0 unspecified atom stereocenters. The lowest BCUT2D eigenvalue weighted by Gasteiger charge is -2.17. The van der Waals surface area contributed by atoms with E-state index in [0.29, 0.717) is 0 Å². The maximum atomic E-state index is 11.8. The first-order valence-electron chi connectivity index (χ1n) is 6.35. The fourth-order valence-corrected chi connectivity index (χ4v) is 1.32. The summed E-state index contributed by atoms with van der Waals surface area (Å²) in [5.41, 5.74) is 1.29. The number of hydrogen-bond acceptors (Lipinski definition) is 3. The van der Waals surface area contributed by atoms with E-state index < -0.39 is 5.41 Å². The first-order chi connectivity index (χ1) is 8.51. The SMILES string of the molecule is CC/C(=N\OC(=O)C(C)(C)CC)c1ccccc1. The molecule has 0 radical (unpaired) electrons. The van der Waals surface area contributed by atoms with Crippen molar-refractivity contribution in [3.8, 4) is 0 Å². The molecule has 0 fully saturated rings. The summed E-state index contributed by atoms with van der Waals surface area (Å²) in [5.74, 6) is -0.285. The van der Waals surface area contributed by atoms with Crippen molar-refractivity contribution in [2.24, 2.45) is 10.6 Å². The maximum absolute atomic E-state index is 11.8. The maximum Gasteiger partial charge on any atom is 0.340 e. The van der Waals surface area contributed by atoms with Crippen LogP contribution in [0.5, 0.6) is 0 Å². The van der Waals surface area contributed by atoms with Crippen LogP contribution in [0, 0.1) is 5.41 Å². The average Bonchev–Trinajstić information content (AvgIpc) is 2.40. The van der Waals surface area contributed by atoms with Gasteiger partial charge >= 0.3 is 5.97 Å². The highest BCUT2D eigenvalue weighted by Crippen LogP contribution is 2.21. The summed E-state index contributed by atoms with van der Waals surface area (Å²) in [6.45, 7) is 7.67. The first kappa shape index (κ1) is 14.4. The van der Waals surface area contributed by atoms with Crippen LogP contribution in [0.4, 0.5) is 0 Å². The lowest BCUT2D eigenvalue weighted by molar-refractivity contribution is -0.154. The standard InChI is InChI=1S/C15H21NO2/c1-5-13(12-10-8-7-9-11-12)16-18-14(17)15(3,4)6-2/h7-11H,5-6H2,1-4H3/b16-13+. The molecular formula is C15H21NO2. The lowest BCUT2D eigenvalue weighted by Crippen LogP contribution is -2.24. The van der Waals surface area contributed by atoms with Crippen molar-refractivity contribution >= 4 is 11.7 Å². The summed E-state index contributed by atoms with van der Waals surface area (Å²) in [5, 5.41) is 3.99. The summed E-state index contributed by atoms with van der Waals surface area (Å²) in [6, 6.07) is 9.75. The Morgan fingerprint density at radius 2 is 1.83 bits per heavy atom. The number of carbonyl (C=O) groups excluding carboxylic acids is 1. The average molecular weight is 247 g/mol. The van der Waals surface area contributed by atoms with Crippen molar-refractivity contribution in [1.82, 2.24) is 0 Å². The van der Waals surface area contributed by atoms with Crippen LogP contribution in [0.15, 0.2) is 35.5 Å². The van der Waals surface area contributed by atoms with Crippen molar-refractivity contribution in [2.45, 2.75) is 40.5 Å². The van der Waals surface area contributed by atoms with Crippen LogP contribution < -0.4 is 0 Å². The Labute approximate surface area is 109 Å². The Balaban J connectivity index is 2.79. The van der Waals surface area contributed by atoms with Gasteiger partial charge in [0, 0.05) is 0 Å². The largest absolute Gasteiger partial charge is 0.340 e. The zero-order valence-corrected chi connectivity index (χ0v) is 11.6. The number of carbonyl (C=O) groups is 1. The van der Waals surface area contributed by atoms with Gasteiger partial charge in [0.1, 0.15) is 0 Å². The van der Waals surface area contributed by atoms with Gasteiger partial charge in [-0.15, -0.1) is 0 Å². The summed E-state index contributed by atoms with van der Waals surface area (Å²) >= 11 is 0. The van der Waals surface area contributed by atoms with E-state index in [1.807, 2.05) is 58.0 Å². The van der Waals surface area contributed by atoms with Gasteiger partial charge in [0.2, 0.25) is 0 Å². The summed E-state index contributed by atoms with van der Waals surface area (Å²) in [6.07, 6.45) is 1.46. The van der Waals surface area contributed by atoms with Gasteiger partial charge in [-0.2, -0.15) is 0 Å². The van der Waals surface area contributed by atoms with Crippen molar-refractivity contribution < 1.29 is 9.63 Å². The van der Waals surface area contributed by atoms with E-state index in [1.54, 1.807) is 0 Å². The topological polar surface area (TPSA) is 38.7 Å². The number of oxime groups is 1. The van der Waals surface area contributed by atoms with Crippen LogP contribution in [-0.2, 0) is 9.63 Å². The highest BCUT2D eigenvalue weighted by molar-refractivity contribution is 6.00. The van der Waals surface area contributed by atoms with E-state index in [1.165, 1.54) is 0 Å².